The molecule has 2 aromatic rings. The van der Waals surface area contributed by atoms with Crippen LogP contribution in [-0.4, -0.2) is 17.1 Å². The first-order valence-corrected chi connectivity index (χ1v) is 7.91. The fraction of sp³-hybridized carbons (Fsp3) is 0.267. The van der Waals surface area contributed by atoms with Crippen LogP contribution in [0.15, 0.2) is 34.8 Å². The Labute approximate surface area is 130 Å². The molecule has 1 atom stereocenters. The van der Waals surface area contributed by atoms with Crippen molar-refractivity contribution in [3.63, 3.8) is 0 Å². The van der Waals surface area contributed by atoms with Crippen LogP contribution < -0.4 is 5.32 Å². The lowest BCUT2D eigenvalue weighted by molar-refractivity contribution is 0.0697. The summed E-state index contributed by atoms with van der Waals surface area (Å²) < 4.78 is 0.763. The van der Waals surface area contributed by atoms with Crippen molar-refractivity contribution in [3.8, 4) is 0 Å². The van der Waals surface area contributed by atoms with Crippen molar-refractivity contribution >= 4 is 38.9 Å². The molecule has 1 aromatic heterocycles. The van der Waals surface area contributed by atoms with Crippen LogP contribution >= 0.6 is 27.3 Å². The van der Waals surface area contributed by atoms with Crippen LogP contribution in [-0.2, 0) is 6.42 Å². The number of carboxylic acid groups (broad SMARTS) is 1. The standard InChI is InChI=1S/C15H16BrNO2S/c1-9(5-14-4-3-10(2)20-14)17-13-7-11(15(18)19)6-12(16)8-13/h3-4,6-9,17H,5H2,1-2H3,(H,18,19). The normalized spacial score (nSPS) is 12.2. The smallest absolute Gasteiger partial charge is 0.335 e. The summed E-state index contributed by atoms with van der Waals surface area (Å²) in [5.74, 6) is -0.920. The summed E-state index contributed by atoms with van der Waals surface area (Å²) in [6.45, 7) is 4.19. The first-order chi connectivity index (χ1) is 9.44. The molecule has 0 aliphatic heterocycles. The Hall–Kier alpha value is -1.33. The Balaban J connectivity index is 2.07. The molecule has 20 heavy (non-hydrogen) atoms. The molecule has 5 heteroatoms. The Morgan fingerprint density at radius 1 is 1.40 bits per heavy atom. The number of aromatic carboxylic acids is 1. The van der Waals surface area contributed by atoms with Crippen molar-refractivity contribution in [2.24, 2.45) is 0 Å². The summed E-state index contributed by atoms with van der Waals surface area (Å²) in [7, 11) is 0. The highest BCUT2D eigenvalue weighted by molar-refractivity contribution is 9.10. The minimum Gasteiger partial charge on any atom is -0.478 e. The number of hydrogen-bond donors (Lipinski definition) is 2. The summed E-state index contributed by atoms with van der Waals surface area (Å²) >= 11 is 5.13. The zero-order valence-electron chi connectivity index (χ0n) is 11.3. The van der Waals surface area contributed by atoms with E-state index in [-0.39, 0.29) is 11.6 Å². The van der Waals surface area contributed by atoms with Crippen molar-refractivity contribution in [3.05, 3.63) is 50.1 Å². The van der Waals surface area contributed by atoms with Crippen molar-refractivity contribution in [1.29, 1.82) is 0 Å². The maximum atomic E-state index is 11.0. The van der Waals surface area contributed by atoms with E-state index in [1.54, 1.807) is 23.5 Å². The highest BCUT2D eigenvalue weighted by atomic mass is 79.9. The number of anilines is 1. The number of benzene rings is 1. The van der Waals surface area contributed by atoms with Gasteiger partial charge in [0.1, 0.15) is 0 Å². The number of halogens is 1. The fourth-order valence-corrected chi connectivity index (χ4v) is 3.54. The van der Waals surface area contributed by atoms with Crippen LogP contribution in [0.2, 0.25) is 0 Å². The van der Waals surface area contributed by atoms with Gasteiger partial charge in [-0.2, -0.15) is 0 Å². The highest BCUT2D eigenvalue weighted by Crippen LogP contribution is 2.22. The number of aryl methyl sites for hydroxylation is 1. The molecule has 0 aliphatic rings. The Morgan fingerprint density at radius 3 is 2.75 bits per heavy atom. The van der Waals surface area contributed by atoms with E-state index in [1.165, 1.54) is 9.75 Å². The molecule has 1 unspecified atom stereocenters. The van der Waals surface area contributed by atoms with Crippen LogP contribution in [0.25, 0.3) is 0 Å². The van der Waals surface area contributed by atoms with Gasteiger partial charge in [0, 0.05) is 32.4 Å². The number of rotatable bonds is 5. The molecule has 0 radical (unpaired) electrons. The topological polar surface area (TPSA) is 49.3 Å². The lowest BCUT2D eigenvalue weighted by atomic mass is 10.1. The summed E-state index contributed by atoms with van der Waals surface area (Å²) in [6, 6.07) is 9.65. The average molecular weight is 354 g/mol. The van der Waals surface area contributed by atoms with Gasteiger partial charge < -0.3 is 10.4 Å². The van der Waals surface area contributed by atoms with Crippen molar-refractivity contribution in [2.75, 3.05) is 5.32 Å². The van der Waals surface area contributed by atoms with E-state index >= 15 is 0 Å². The minimum absolute atomic E-state index is 0.240. The van der Waals surface area contributed by atoms with Crippen LogP contribution in [0.4, 0.5) is 5.69 Å². The summed E-state index contributed by atoms with van der Waals surface area (Å²) in [4.78, 5) is 13.7. The van der Waals surface area contributed by atoms with Gasteiger partial charge in [0.2, 0.25) is 0 Å². The average Bonchev–Trinajstić information content (AvgIpc) is 2.73. The molecule has 0 saturated heterocycles. The molecule has 1 aromatic carbocycles. The van der Waals surface area contributed by atoms with Crippen LogP contribution in [0, 0.1) is 6.92 Å². The third-order valence-corrected chi connectivity index (χ3v) is 4.34. The molecule has 3 nitrogen and oxygen atoms in total. The zero-order valence-corrected chi connectivity index (χ0v) is 13.7. The molecule has 0 spiro atoms. The number of hydrogen-bond acceptors (Lipinski definition) is 3. The predicted octanol–water partition coefficient (Wildman–Crippen LogP) is 4.56. The molecule has 2 rings (SSSR count). The summed E-state index contributed by atoms with van der Waals surface area (Å²) in [6.07, 6.45) is 0.924. The molecule has 2 N–H and O–H groups in total. The molecular formula is C15H16BrNO2S. The Kier molecular flexibility index (Phi) is 4.83. The predicted molar refractivity (Wildman–Crippen MR) is 86.9 cm³/mol. The number of carboxylic acids is 1. The molecule has 0 aliphatic carbocycles. The lowest BCUT2D eigenvalue weighted by Gasteiger charge is -2.15. The van der Waals surface area contributed by atoms with E-state index in [0.29, 0.717) is 0 Å². The van der Waals surface area contributed by atoms with Gasteiger partial charge in [0.05, 0.1) is 5.56 Å². The van der Waals surface area contributed by atoms with Crippen LogP contribution in [0.1, 0.15) is 27.0 Å². The van der Waals surface area contributed by atoms with Crippen LogP contribution in [0.5, 0.6) is 0 Å². The van der Waals surface area contributed by atoms with Gasteiger partial charge in [-0.1, -0.05) is 15.9 Å². The van der Waals surface area contributed by atoms with E-state index in [0.717, 1.165) is 16.6 Å². The maximum Gasteiger partial charge on any atom is 0.335 e. The van der Waals surface area contributed by atoms with Crippen molar-refractivity contribution in [2.45, 2.75) is 26.3 Å². The second-order valence-electron chi connectivity index (χ2n) is 4.80. The molecule has 1 heterocycles. The lowest BCUT2D eigenvalue weighted by Crippen LogP contribution is -2.17. The van der Waals surface area contributed by atoms with E-state index in [2.05, 4.69) is 47.2 Å². The monoisotopic (exact) mass is 353 g/mol. The van der Waals surface area contributed by atoms with Gasteiger partial charge in [-0.15, -0.1) is 11.3 Å². The maximum absolute atomic E-state index is 11.0. The Bertz CT molecular complexity index is 624. The largest absolute Gasteiger partial charge is 0.478 e. The van der Waals surface area contributed by atoms with E-state index in [4.69, 9.17) is 5.11 Å². The first kappa shape index (κ1) is 15.1. The second kappa shape index (κ2) is 6.41. The second-order valence-corrected chi connectivity index (χ2v) is 7.08. The quantitative estimate of drug-likeness (QED) is 0.828. The van der Waals surface area contributed by atoms with Crippen LogP contribution in [0.3, 0.4) is 0 Å². The minimum atomic E-state index is -0.920. The van der Waals surface area contributed by atoms with Gasteiger partial charge in [-0.05, 0) is 44.2 Å². The third kappa shape index (κ3) is 4.08. The fourth-order valence-electron chi connectivity index (χ4n) is 2.03. The molecular weight excluding hydrogens is 338 g/mol. The molecule has 0 amide bonds. The number of carbonyl (C=O) groups is 1. The Morgan fingerprint density at radius 2 is 2.15 bits per heavy atom. The van der Waals surface area contributed by atoms with Gasteiger partial charge >= 0.3 is 5.97 Å². The zero-order chi connectivity index (χ0) is 14.7. The van der Waals surface area contributed by atoms with Crippen molar-refractivity contribution < 1.29 is 9.90 Å². The van der Waals surface area contributed by atoms with Crippen molar-refractivity contribution in [1.82, 2.24) is 0 Å². The molecule has 0 saturated carbocycles. The third-order valence-electron chi connectivity index (χ3n) is 2.86. The molecule has 0 fully saturated rings. The highest BCUT2D eigenvalue weighted by Gasteiger charge is 2.09. The van der Waals surface area contributed by atoms with E-state index in [1.807, 2.05) is 6.07 Å². The first-order valence-electron chi connectivity index (χ1n) is 6.30. The van der Waals surface area contributed by atoms with Gasteiger partial charge in [-0.25, -0.2) is 4.79 Å². The van der Waals surface area contributed by atoms with Gasteiger partial charge in [0.25, 0.3) is 0 Å². The van der Waals surface area contributed by atoms with Gasteiger partial charge in [-0.3, -0.25) is 0 Å². The van der Waals surface area contributed by atoms with Gasteiger partial charge in [0.15, 0.2) is 0 Å². The van der Waals surface area contributed by atoms with E-state index in [9.17, 15) is 4.79 Å². The number of nitrogens with one attached hydrogen (secondary N) is 1. The summed E-state index contributed by atoms with van der Waals surface area (Å²) in [5, 5.41) is 12.4. The SMILES string of the molecule is Cc1ccc(CC(C)Nc2cc(Br)cc(C(=O)O)c2)s1. The number of thiophene rings is 1. The molecule has 0 bridgehead atoms. The van der Waals surface area contributed by atoms with E-state index < -0.39 is 5.97 Å². The molecule has 106 valence electrons. The summed E-state index contributed by atoms with van der Waals surface area (Å²) in [5.41, 5.74) is 1.10.